The van der Waals surface area contributed by atoms with Crippen molar-refractivity contribution in [1.29, 1.82) is 0 Å². The van der Waals surface area contributed by atoms with E-state index in [1.807, 2.05) is 86.6 Å². The van der Waals surface area contributed by atoms with Crippen molar-refractivity contribution in [3.63, 3.8) is 0 Å². The lowest BCUT2D eigenvalue weighted by atomic mass is 9.93. The van der Waals surface area contributed by atoms with Gasteiger partial charge in [-0.2, -0.15) is 0 Å². The molecule has 1 amide bonds. The molecule has 1 fully saturated rings. The van der Waals surface area contributed by atoms with E-state index in [0.717, 1.165) is 33.4 Å². The number of benzene rings is 3. The molecule has 7 nitrogen and oxygen atoms in total. The number of carbonyl (C=O) groups excluding carboxylic acids is 1. The third-order valence-electron chi connectivity index (χ3n) is 7.01. The van der Waals surface area contributed by atoms with Crippen LogP contribution in [-0.2, 0) is 14.9 Å². The summed E-state index contributed by atoms with van der Waals surface area (Å²) in [6.45, 7) is 5.56. The van der Waals surface area contributed by atoms with Crippen molar-refractivity contribution in [1.82, 2.24) is 5.16 Å². The van der Waals surface area contributed by atoms with Gasteiger partial charge in [0.05, 0.1) is 5.41 Å². The summed E-state index contributed by atoms with van der Waals surface area (Å²) in [5.74, 6) is -0.285. The minimum Gasteiger partial charge on any atom is -0.481 e. The Kier molecular flexibility index (Phi) is 6.29. The molecule has 37 heavy (non-hydrogen) atoms. The Hall–Kier alpha value is -4.39. The van der Waals surface area contributed by atoms with Crippen LogP contribution in [0.2, 0.25) is 0 Å². The van der Waals surface area contributed by atoms with Crippen molar-refractivity contribution in [2.24, 2.45) is 0 Å². The van der Waals surface area contributed by atoms with Crippen LogP contribution in [0.3, 0.4) is 0 Å². The van der Waals surface area contributed by atoms with Crippen LogP contribution in [-0.4, -0.2) is 22.3 Å². The fourth-order valence-corrected chi connectivity index (χ4v) is 4.47. The first-order valence-corrected chi connectivity index (χ1v) is 12.2. The summed E-state index contributed by atoms with van der Waals surface area (Å²) >= 11 is 0. The first-order chi connectivity index (χ1) is 17.8. The molecule has 3 aromatic carbocycles. The highest BCUT2D eigenvalue weighted by Crippen LogP contribution is 2.48. The molecule has 1 heterocycles. The number of aryl methyl sites for hydroxylation is 2. The predicted octanol–water partition coefficient (Wildman–Crippen LogP) is 7.05. The number of hydrogen-bond donors (Lipinski definition) is 2. The number of nitrogens with one attached hydrogen (secondary N) is 1. The number of carboxylic acids is 1. The Morgan fingerprint density at radius 1 is 0.919 bits per heavy atom. The third kappa shape index (κ3) is 4.85. The van der Waals surface area contributed by atoms with E-state index in [2.05, 4.69) is 10.5 Å². The predicted molar refractivity (Wildman–Crippen MR) is 140 cm³/mol. The van der Waals surface area contributed by atoms with E-state index >= 15 is 0 Å². The van der Waals surface area contributed by atoms with Crippen molar-refractivity contribution in [3.8, 4) is 22.4 Å². The van der Waals surface area contributed by atoms with Gasteiger partial charge < -0.3 is 14.4 Å². The van der Waals surface area contributed by atoms with Gasteiger partial charge in [0.2, 0.25) is 0 Å². The Balaban J connectivity index is 1.29. The number of aromatic nitrogens is 1. The molecule has 1 aliphatic carbocycles. The summed E-state index contributed by atoms with van der Waals surface area (Å²) in [5.41, 5.74) is 5.89. The lowest BCUT2D eigenvalue weighted by Gasteiger charge is -2.14. The molecule has 0 spiro atoms. The van der Waals surface area contributed by atoms with Gasteiger partial charge in [0, 0.05) is 5.56 Å². The van der Waals surface area contributed by atoms with Gasteiger partial charge in [-0.3, -0.25) is 10.1 Å². The summed E-state index contributed by atoms with van der Waals surface area (Å²) in [6, 6.07) is 23.3. The Labute approximate surface area is 215 Å². The highest BCUT2D eigenvalue weighted by Gasteiger charge is 2.51. The van der Waals surface area contributed by atoms with Gasteiger partial charge in [-0.05, 0) is 55.9 Å². The fourth-order valence-electron chi connectivity index (χ4n) is 4.47. The number of amides is 1. The molecule has 0 bridgehead atoms. The summed E-state index contributed by atoms with van der Waals surface area (Å²) in [4.78, 5) is 24.2. The molecule has 5 rings (SSSR count). The first-order valence-electron chi connectivity index (χ1n) is 12.2. The van der Waals surface area contributed by atoms with E-state index in [0.29, 0.717) is 30.0 Å². The lowest BCUT2D eigenvalue weighted by molar-refractivity contribution is -0.140. The monoisotopic (exact) mass is 496 g/mol. The number of hydrogen-bond acceptors (Lipinski definition) is 5. The standard InChI is InChI=1S/C30H28N2O5/c1-18-4-6-21(7-5-18)19(2)36-29(35)31-26-20(3)37-32-27(26)24-10-8-22(9-11-24)23-12-14-25(15-13-23)30(16-17-30)28(33)34/h4-15,19H,16-17H2,1-3H3,(H,31,35)(H,33,34)/t19-/m1/s1. The third-order valence-corrected chi connectivity index (χ3v) is 7.01. The van der Waals surface area contributed by atoms with Gasteiger partial charge in [-0.15, -0.1) is 0 Å². The van der Waals surface area contributed by atoms with Crippen LogP contribution in [0.1, 0.15) is 48.3 Å². The van der Waals surface area contributed by atoms with E-state index < -0.39 is 23.6 Å². The molecule has 0 radical (unpaired) electrons. The quantitative estimate of drug-likeness (QED) is 0.284. The Morgan fingerprint density at radius 2 is 1.49 bits per heavy atom. The molecular weight excluding hydrogens is 468 g/mol. The van der Waals surface area contributed by atoms with Gasteiger partial charge in [0.25, 0.3) is 0 Å². The zero-order valence-electron chi connectivity index (χ0n) is 20.9. The minimum atomic E-state index is -0.759. The van der Waals surface area contributed by atoms with Crippen LogP contribution in [0.25, 0.3) is 22.4 Å². The Bertz CT molecular complexity index is 1430. The van der Waals surface area contributed by atoms with Crippen molar-refractivity contribution in [2.45, 2.75) is 45.1 Å². The number of carboxylic acid groups (broad SMARTS) is 1. The fraction of sp³-hybridized carbons (Fsp3) is 0.233. The van der Waals surface area contributed by atoms with E-state index in [1.165, 1.54) is 0 Å². The molecule has 7 heteroatoms. The van der Waals surface area contributed by atoms with Crippen molar-refractivity contribution in [2.75, 3.05) is 5.32 Å². The average molecular weight is 497 g/mol. The summed E-state index contributed by atoms with van der Waals surface area (Å²) in [6.07, 6.45) is 0.358. The van der Waals surface area contributed by atoms with Crippen LogP contribution in [0, 0.1) is 13.8 Å². The number of ether oxygens (including phenoxy) is 1. The van der Waals surface area contributed by atoms with Gasteiger partial charge >= 0.3 is 12.1 Å². The highest BCUT2D eigenvalue weighted by atomic mass is 16.6. The number of rotatable bonds is 7. The van der Waals surface area contributed by atoms with Gasteiger partial charge in [0.15, 0.2) is 5.76 Å². The normalized spacial score (nSPS) is 14.6. The van der Waals surface area contributed by atoms with E-state index in [-0.39, 0.29) is 0 Å². The van der Waals surface area contributed by atoms with E-state index in [9.17, 15) is 14.7 Å². The van der Waals surface area contributed by atoms with Gasteiger partial charge in [0.1, 0.15) is 17.5 Å². The van der Waals surface area contributed by atoms with Gasteiger partial charge in [-0.25, -0.2) is 4.79 Å². The number of anilines is 1. The van der Waals surface area contributed by atoms with Crippen LogP contribution in [0.4, 0.5) is 10.5 Å². The minimum absolute atomic E-state index is 0.416. The number of nitrogens with zero attached hydrogens (tertiary/aromatic N) is 1. The highest BCUT2D eigenvalue weighted by molar-refractivity contribution is 5.91. The SMILES string of the molecule is Cc1ccc([C@@H](C)OC(=O)Nc2c(-c3ccc(-c4ccc(C5(C(=O)O)CC5)cc4)cc3)noc2C)cc1. The molecule has 1 aromatic heterocycles. The molecule has 0 saturated heterocycles. The smallest absolute Gasteiger partial charge is 0.412 e. The van der Waals surface area contributed by atoms with Crippen molar-refractivity contribution >= 4 is 17.7 Å². The average Bonchev–Trinajstić information content (AvgIpc) is 3.64. The zero-order chi connectivity index (χ0) is 26.2. The van der Waals surface area contributed by atoms with Crippen LogP contribution in [0.15, 0.2) is 77.3 Å². The molecule has 188 valence electrons. The maximum absolute atomic E-state index is 12.6. The number of aliphatic carboxylic acids is 1. The van der Waals surface area contributed by atoms with Crippen molar-refractivity contribution < 1.29 is 24.0 Å². The van der Waals surface area contributed by atoms with E-state index in [1.54, 1.807) is 6.92 Å². The maximum Gasteiger partial charge on any atom is 0.412 e. The van der Waals surface area contributed by atoms with E-state index in [4.69, 9.17) is 9.26 Å². The first kappa shape index (κ1) is 24.3. The summed E-state index contributed by atoms with van der Waals surface area (Å²) in [5, 5.41) is 16.5. The van der Waals surface area contributed by atoms with Crippen molar-refractivity contribution in [3.05, 3.63) is 95.2 Å². The Morgan fingerprint density at radius 3 is 2.05 bits per heavy atom. The zero-order valence-corrected chi connectivity index (χ0v) is 20.9. The molecule has 1 saturated carbocycles. The summed E-state index contributed by atoms with van der Waals surface area (Å²) < 4.78 is 10.9. The van der Waals surface area contributed by atoms with Crippen LogP contribution >= 0.6 is 0 Å². The molecular formula is C30H28N2O5. The lowest BCUT2D eigenvalue weighted by Crippen LogP contribution is -2.19. The second-order valence-electron chi connectivity index (χ2n) is 9.59. The molecule has 4 aromatic rings. The molecule has 0 aliphatic heterocycles. The van der Waals surface area contributed by atoms with Gasteiger partial charge in [-0.1, -0.05) is 83.5 Å². The molecule has 2 N–H and O–H groups in total. The molecule has 1 atom stereocenters. The second-order valence-corrected chi connectivity index (χ2v) is 9.59. The largest absolute Gasteiger partial charge is 0.481 e. The summed E-state index contributed by atoms with van der Waals surface area (Å²) in [7, 11) is 0. The van der Waals surface area contributed by atoms with Crippen LogP contribution < -0.4 is 5.32 Å². The molecule has 1 aliphatic rings. The topological polar surface area (TPSA) is 102 Å². The maximum atomic E-state index is 12.6. The second kappa shape index (κ2) is 9.58. The number of carbonyl (C=O) groups is 2. The van der Waals surface area contributed by atoms with Crippen LogP contribution in [0.5, 0.6) is 0 Å². The molecule has 0 unspecified atom stereocenters.